The fraction of sp³-hybridized carbons (Fsp3) is 0.300. The van der Waals surface area contributed by atoms with E-state index < -0.39 is 0 Å². The van der Waals surface area contributed by atoms with Gasteiger partial charge in [0.05, 0.1) is 17.0 Å². The van der Waals surface area contributed by atoms with Gasteiger partial charge in [-0.15, -0.1) is 0 Å². The number of carbonyl (C=O) groups is 1. The number of aromatic hydroxyl groups is 1. The molecule has 0 aliphatic heterocycles. The van der Waals surface area contributed by atoms with Gasteiger partial charge in [0.25, 0.3) is 0 Å². The molecule has 0 fully saturated rings. The number of hydrogen-bond acceptors (Lipinski definition) is 6. The van der Waals surface area contributed by atoms with Gasteiger partial charge in [-0.25, -0.2) is 0 Å². The van der Waals surface area contributed by atoms with Gasteiger partial charge in [0, 0.05) is 25.4 Å². The number of aldehydes is 1. The lowest BCUT2D eigenvalue weighted by atomic mass is 10.1. The third-order valence-electron chi connectivity index (χ3n) is 3.47. The van der Waals surface area contributed by atoms with Crippen LogP contribution in [0.5, 0.6) is 11.5 Å². The number of ether oxygens (including phenoxy) is 1. The number of hydrogen-bond donors (Lipinski definition) is 3. The monoisotopic (exact) mass is 357 g/mol. The van der Waals surface area contributed by atoms with Crippen LogP contribution in [0.15, 0.2) is 42.6 Å². The molecular weight excluding hydrogens is 330 g/mol. The molecule has 6 heteroatoms. The molecule has 1 heterocycles. The van der Waals surface area contributed by atoms with Crippen LogP contribution >= 0.6 is 0 Å². The van der Waals surface area contributed by atoms with E-state index in [1.54, 1.807) is 18.3 Å². The molecule has 0 saturated heterocycles. The van der Waals surface area contributed by atoms with E-state index in [9.17, 15) is 9.90 Å². The zero-order valence-corrected chi connectivity index (χ0v) is 15.7. The molecule has 6 nitrogen and oxygen atoms in total. The quantitative estimate of drug-likeness (QED) is 0.630. The summed E-state index contributed by atoms with van der Waals surface area (Å²) >= 11 is 0. The number of carbonyl (C=O) groups excluding carboxylic acids is 1. The highest BCUT2D eigenvalue weighted by Gasteiger charge is 2.11. The van der Waals surface area contributed by atoms with E-state index in [0.29, 0.717) is 18.6 Å². The van der Waals surface area contributed by atoms with Crippen LogP contribution < -0.4 is 15.4 Å². The van der Waals surface area contributed by atoms with Crippen molar-refractivity contribution >= 4 is 12.0 Å². The van der Waals surface area contributed by atoms with Crippen molar-refractivity contribution in [2.45, 2.75) is 20.5 Å². The SMILES string of the molecule is CC.CNC/C=C(\NC)c1ncccc1COc1cccc(O)c1C=O. The second kappa shape index (κ2) is 11.7. The summed E-state index contributed by atoms with van der Waals surface area (Å²) in [6.07, 6.45) is 4.30. The first-order chi connectivity index (χ1) is 12.7. The molecule has 26 heavy (non-hydrogen) atoms. The number of phenols is 1. The molecule has 3 N–H and O–H groups in total. The minimum Gasteiger partial charge on any atom is -0.507 e. The molecule has 0 bridgehead atoms. The number of phenolic OH excluding ortho intramolecular Hbond substituents is 1. The van der Waals surface area contributed by atoms with Crippen molar-refractivity contribution in [3.05, 3.63) is 59.4 Å². The van der Waals surface area contributed by atoms with Gasteiger partial charge in [-0.3, -0.25) is 9.78 Å². The number of nitrogens with zero attached hydrogens (tertiary/aromatic N) is 1. The third-order valence-corrected chi connectivity index (χ3v) is 3.47. The summed E-state index contributed by atoms with van der Waals surface area (Å²) in [4.78, 5) is 15.5. The Morgan fingerprint density at radius 2 is 2.00 bits per heavy atom. The molecule has 0 aliphatic carbocycles. The van der Waals surface area contributed by atoms with Gasteiger partial charge in [0.1, 0.15) is 18.1 Å². The van der Waals surface area contributed by atoms with Crippen molar-refractivity contribution in [1.82, 2.24) is 15.6 Å². The Bertz CT molecular complexity index is 730. The lowest BCUT2D eigenvalue weighted by Crippen LogP contribution is -2.14. The summed E-state index contributed by atoms with van der Waals surface area (Å²) in [6, 6.07) is 8.47. The summed E-state index contributed by atoms with van der Waals surface area (Å²) in [5.41, 5.74) is 2.68. The standard InChI is InChI=1S/C18H21N3O3.C2H6/c1-19-10-8-15(20-2)18-13(5-4-9-21-18)12-24-17-7-3-6-16(23)14(17)11-22;1-2/h3-9,11,19-20,23H,10,12H2,1-2H3;1-2H3/b15-8-;. The number of likely N-dealkylation sites (N-methyl/N-ethyl adjacent to an activating group) is 1. The Morgan fingerprint density at radius 3 is 2.65 bits per heavy atom. The average Bonchev–Trinajstić information content (AvgIpc) is 2.69. The number of nitrogens with one attached hydrogen (secondary N) is 2. The zero-order valence-electron chi connectivity index (χ0n) is 15.7. The van der Waals surface area contributed by atoms with Crippen LogP contribution in [0.3, 0.4) is 0 Å². The summed E-state index contributed by atoms with van der Waals surface area (Å²) in [7, 11) is 3.70. The van der Waals surface area contributed by atoms with Gasteiger partial charge in [-0.2, -0.15) is 0 Å². The van der Waals surface area contributed by atoms with Gasteiger partial charge >= 0.3 is 0 Å². The van der Waals surface area contributed by atoms with Gasteiger partial charge in [-0.05, 0) is 31.3 Å². The van der Waals surface area contributed by atoms with E-state index in [1.165, 1.54) is 6.07 Å². The maximum absolute atomic E-state index is 11.1. The van der Waals surface area contributed by atoms with Crippen molar-refractivity contribution in [2.24, 2.45) is 0 Å². The lowest BCUT2D eigenvalue weighted by Gasteiger charge is -2.14. The van der Waals surface area contributed by atoms with E-state index in [4.69, 9.17) is 4.74 Å². The first-order valence-electron chi connectivity index (χ1n) is 8.58. The number of aromatic nitrogens is 1. The van der Waals surface area contributed by atoms with E-state index in [2.05, 4.69) is 15.6 Å². The topological polar surface area (TPSA) is 83.5 Å². The molecule has 0 amide bonds. The van der Waals surface area contributed by atoms with E-state index >= 15 is 0 Å². The molecule has 0 atom stereocenters. The summed E-state index contributed by atoms with van der Waals surface area (Å²) < 4.78 is 5.73. The van der Waals surface area contributed by atoms with Crippen molar-refractivity contribution in [3.63, 3.8) is 0 Å². The molecule has 0 aliphatic rings. The van der Waals surface area contributed by atoms with Crippen LogP contribution in [-0.2, 0) is 6.61 Å². The van der Waals surface area contributed by atoms with Crippen LogP contribution in [-0.4, -0.2) is 37.0 Å². The Balaban J connectivity index is 0.00000163. The normalized spacial score (nSPS) is 10.5. The maximum Gasteiger partial charge on any atom is 0.157 e. The van der Waals surface area contributed by atoms with Crippen LogP contribution in [0.2, 0.25) is 0 Å². The second-order valence-electron chi connectivity index (χ2n) is 5.03. The molecule has 2 aromatic rings. The summed E-state index contributed by atoms with van der Waals surface area (Å²) in [5.74, 6) is 0.240. The van der Waals surface area contributed by atoms with Gasteiger partial charge in [0.15, 0.2) is 6.29 Å². The fourth-order valence-electron chi connectivity index (χ4n) is 2.25. The summed E-state index contributed by atoms with van der Waals surface area (Å²) in [5, 5.41) is 15.9. The molecule has 140 valence electrons. The summed E-state index contributed by atoms with van der Waals surface area (Å²) in [6.45, 7) is 4.93. The molecule has 0 unspecified atom stereocenters. The molecule has 0 radical (unpaired) electrons. The lowest BCUT2D eigenvalue weighted by molar-refractivity contribution is 0.111. The van der Waals surface area contributed by atoms with Crippen LogP contribution in [0.25, 0.3) is 5.70 Å². The van der Waals surface area contributed by atoms with E-state index in [-0.39, 0.29) is 17.9 Å². The number of benzene rings is 1. The molecule has 0 spiro atoms. The number of rotatable bonds is 8. The minimum absolute atomic E-state index is 0.0984. The smallest absolute Gasteiger partial charge is 0.157 e. The van der Waals surface area contributed by atoms with E-state index in [0.717, 1.165) is 17.0 Å². The number of pyridine rings is 1. The molecule has 1 aromatic carbocycles. The van der Waals surface area contributed by atoms with E-state index in [1.807, 2.05) is 46.2 Å². The zero-order chi connectivity index (χ0) is 19.4. The Labute approximate surface area is 154 Å². The van der Waals surface area contributed by atoms with Crippen molar-refractivity contribution in [2.75, 3.05) is 20.6 Å². The van der Waals surface area contributed by atoms with Crippen LogP contribution in [0.1, 0.15) is 35.5 Å². The van der Waals surface area contributed by atoms with Crippen molar-refractivity contribution in [1.29, 1.82) is 0 Å². The maximum atomic E-state index is 11.1. The van der Waals surface area contributed by atoms with Gasteiger partial charge < -0.3 is 20.5 Å². The fourth-order valence-corrected chi connectivity index (χ4v) is 2.25. The Morgan fingerprint density at radius 1 is 1.23 bits per heavy atom. The van der Waals surface area contributed by atoms with Gasteiger partial charge in [0.2, 0.25) is 0 Å². The Kier molecular flexibility index (Phi) is 9.49. The average molecular weight is 357 g/mol. The highest BCUT2D eigenvalue weighted by atomic mass is 16.5. The van der Waals surface area contributed by atoms with Crippen LogP contribution in [0, 0.1) is 0 Å². The third kappa shape index (κ3) is 5.60. The molecule has 2 rings (SSSR count). The largest absolute Gasteiger partial charge is 0.507 e. The van der Waals surface area contributed by atoms with Crippen molar-refractivity contribution in [3.8, 4) is 11.5 Å². The minimum atomic E-state index is -0.0984. The molecule has 0 saturated carbocycles. The highest BCUT2D eigenvalue weighted by Crippen LogP contribution is 2.26. The van der Waals surface area contributed by atoms with Gasteiger partial charge in [-0.1, -0.05) is 26.0 Å². The van der Waals surface area contributed by atoms with Crippen molar-refractivity contribution < 1.29 is 14.6 Å². The second-order valence-corrected chi connectivity index (χ2v) is 5.03. The Hall–Kier alpha value is -2.86. The first kappa shape index (κ1) is 21.2. The first-order valence-corrected chi connectivity index (χ1v) is 8.58. The van der Waals surface area contributed by atoms with Crippen LogP contribution in [0.4, 0.5) is 0 Å². The molecular formula is C20H27N3O3. The highest BCUT2D eigenvalue weighted by molar-refractivity contribution is 5.83. The predicted molar refractivity (Wildman–Crippen MR) is 104 cm³/mol. The predicted octanol–water partition coefficient (Wildman–Crippen LogP) is 2.98. The molecule has 1 aromatic heterocycles.